The number of primary amides is 2. The molecule has 5 rings (SSSR count). The highest BCUT2D eigenvalue weighted by Crippen LogP contribution is 2.39. The molecule has 3 amide bonds. The summed E-state index contributed by atoms with van der Waals surface area (Å²) in [7, 11) is 0. The maximum Gasteiger partial charge on any atom is 0.255 e. The summed E-state index contributed by atoms with van der Waals surface area (Å²) in [5.41, 5.74) is 14.5. The third-order valence-corrected chi connectivity index (χ3v) is 8.74. The molecule has 0 unspecified atom stereocenters. The molecule has 0 bridgehead atoms. The van der Waals surface area contributed by atoms with Crippen molar-refractivity contribution in [2.45, 2.75) is 31.1 Å². The summed E-state index contributed by atoms with van der Waals surface area (Å²) in [5, 5.41) is 1.43. The van der Waals surface area contributed by atoms with Gasteiger partial charge >= 0.3 is 0 Å². The van der Waals surface area contributed by atoms with Gasteiger partial charge in [0.15, 0.2) is 0 Å². The van der Waals surface area contributed by atoms with Crippen LogP contribution in [0.15, 0.2) is 78.9 Å². The molecule has 0 spiro atoms. The normalized spacial score (nSPS) is 14.5. The van der Waals surface area contributed by atoms with E-state index < -0.39 is 17.2 Å². The first-order valence-corrected chi connectivity index (χ1v) is 14.6. The van der Waals surface area contributed by atoms with Gasteiger partial charge in [-0.15, -0.1) is 0 Å². The number of nitrogens with two attached hydrogens (primary N) is 2. The van der Waals surface area contributed by atoms with Crippen LogP contribution >= 0.6 is 34.8 Å². The summed E-state index contributed by atoms with van der Waals surface area (Å²) in [5.74, 6) is -1.12. The maximum atomic E-state index is 14.2. The number of aromatic nitrogens is 1. The topological polar surface area (TPSA) is 111 Å². The molecule has 4 aromatic rings. The molecule has 3 aromatic carbocycles. The number of carbonyl (C=O) groups excluding carboxylic acids is 3. The van der Waals surface area contributed by atoms with Crippen molar-refractivity contribution in [2.75, 3.05) is 13.1 Å². The van der Waals surface area contributed by atoms with E-state index in [9.17, 15) is 14.4 Å². The largest absolute Gasteiger partial charge is 0.370 e. The van der Waals surface area contributed by atoms with Crippen molar-refractivity contribution in [2.24, 2.45) is 11.5 Å². The van der Waals surface area contributed by atoms with Gasteiger partial charge < -0.3 is 20.9 Å². The van der Waals surface area contributed by atoms with Gasteiger partial charge in [-0.3, -0.25) is 14.4 Å². The van der Waals surface area contributed by atoms with Crippen LogP contribution in [0.4, 0.5) is 0 Å². The Kier molecular flexibility index (Phi) is 8.64. The Bertz CT molecular complexity index is 1640. The average molecular weight is 624 g/mol. The van der Waals surface area contributed by atoms with Crippen molar-refractivity contribution in [1.29, 1.82) is 0 Å². The highest BCUT2D eigenvalue weighted by atomic mass is 35.5. The van der Waals surface area contributed by atoms with Crippen LogP contribution in [0, 0.1) is 0 Å². The van der Waals surface area contributed by atoms with E-state index in [1.807, 2.05) is 47.0 Å². The smallest absolute Gasteiger partial charge is 0.255 e. The minimum Gasteiger partial charge on any atom is -0.370 e. The molecule has 4 N–H and O–H groups in total. The zero-order chi connectivity index (χ0) is 30.0. The fourth-order valence-corrected chi connectivity index (χ4v) is 6.33. The molecule has 2 heterocycles. The maximum absolute atomic E-state index is 14.2. The van der Waals surface area contributed by atoms with Gasteiger partial charge in [0.25, 0.3) is 5.91 Å². The highest BCUT2D eigenvalue weighted by Gasteiger charge is 2.43. The van der Waals surface area contributed by atoms with Crippen LogP contribution in [0.25, 0.3) is 16.9 Å². The van der Waals surface area contributed by atoms with Crippen molar-refractivity contribution in [3.63, 3.8) is 0 Å². The number of nitrogens with zero attached hydrogens (tertiary/aromatic N) is 2. The van der Waals surface area contributed by atoms with Gasteiger partial charge in [-0.2, -0.15) is 0 Å². The lowest BCUT2D eigenvalue weighted by molar-refractivity contribution is -0.125. The monoisotopic (exact) mass is 622 g/mol. The highest BCUT2D eigenvalue weighted by molar-refractivity contribution is 6.36. The van der Waals surface area contributed by atoms with E-state index in [4.69, 9.17) is 46.3 Å². The number of piperidine rings is 1. The minimum atomic E-state index is -0.857. The minimum absolute atomic E-state index is 0.0322. The van der Waals surface area contributed by atoms with Gasteiger partial charge in [-0.05, 0) is 73.4 Å². The lowest BCUT2D eigenvalue weighted by atomic mass is 9.72. The molecule has 0 atom stereocenters. The fraction of sp³-hybridized carbons (Fsp3) is 0.219. The Hall–Kier alpha value is -3.78. The number of carbonyl (C=O) groups is 3. The third-order valence-electron chi connectivity index (χ3n) is 7.94. The Morgan fingerprint density at radius 1 is 0.810 bits per heavy atom. The molecular formula is C32H29Cl3N4O3. The van der Waals surface area contributed by atoms with Crippen LogP contribution in [-0.2, 0) is 21.4 Å². The Balaban J connectivity index is 1.59. The zero-order valence-corrected chi connectivity index (χ0v) is 24.9. The average Bonchev–Trinajstić information content (AvgIpc) is 3.35. The number of rotatable bonds is 8. The summed E-state index contributed by atoms with van der Waals surface area (Å²) < 4.78 is 1.91. The van der Waals surface area contributed by atoms with E-state index >= 15 is 0 Å². The third kappa shape index (κ3) is 5.77. The zero-order valence-electron chi connectivity index (χ0n) is 22.7. The molecule has 42 heavy (non-hydrogen) atoms. The van der Waals surface area contributed by atoms with Crippen molar-refractivity contribution in [3.05, 3.63) is 111 Å². The fourth-order valence-electron chi connectivity index (χ4n) is 5.70. The van der Waals surface area contributed by atoms with Crippen molar-refractivity contribution < 1.29 is 14.4 Å². The molecule has 10 heteroatoms. The summed E-state index contributed by atoms with van der Waals surface area (Å²) >= 11 is 19.0. The van der Waals surface area contributed by atoms with Gasteiger partial charge in [-0.1, -0.05) is 65.1 Å². The van der Waals surface area contributed by atoms with Crippen LogP contribution in [0.1, 0.15) is 40.9 Å². The first kappa shape index (κ1) is 29.7. The Morgan fingerprint density at radius 2 is 1.45 bits per heavy atom. The van der Waals surface area contributed by atoms with E-state index in [1.165, 1.54) is 0 Å². The number of benzene rings is 3. The molecule has 0 aliphatic carbocycles. The molecule has 216 valence electrons. The lowest BCUT2D eigenvalue weighted by Gasteiger charge is -2.40. The van der Waals surface area contributed by atoms with E-state index in [-0.39, 0.29) is 18.7 Å². The van der Waals surface area contributed by atoms with E-state index in [1.54, 1.807) is 41.3 Å². The number of hydrogen-bond acceptors (Lipinski definition) is 3. The van der Waals surface area contributed by atoms with Gasteiger partial charge in [0.05, 0.1) is 21.7 Å². The predicted molar refractivity (Wildman–Crippen MR) is 166 cm³/mol. The van der Waals surface area contributed by atoms with Crippen molar-refractivity contribution in [1.82, 2.24) is 9.47 Å². The number of halogens is 3. The lowest BCUT2D eigenvalue weighted by Crippen LogP contribution is -2.51. The second kappa shape index (κ2) is 12.2. The second-order valence-electron chi connectivity index (χ2n) is 10.4. The second-order valence-corrected chi connectivity index (χ2v) is 11.7. The van der Waals surface area contributed by atoms with Crippen LogP contribution in [-0.4, -0.2) is 40.3 Å². The summed E-state index contributed by atoms with van der Waals surface area (Å²) in [6.07, 6.45) is 1.03. The quantitative estimate of drug-likeness (QED) is 0.244. The predicted octanol–water partition coefficient (Wildman–Crippen LogP) is 6.18. The number of hydrogen-bond donors (Lipinski definition) is 2. The number of likely N-dealkylation sites (tertiary alicyclic amines) is 1. The van der Waals surface area contributed by atoms with E-state index in [2.05, 4.69) is 0 Å². The van der Waals surface area contributed by atoms with Crippen molar-refractivity contribution >= 4 is 52.5 Å². The standard InChI is InChI=1S/C32H29Cl3N4O3/c33-21-6-9-23(10-7-21)39-27(12-13-29(36)40)25(19-28(39)24-11-8-22(34)18-26(24)35)30(41)38-16-14-32(15-17-38,31(37)42)20-4-2-1-3-5-20/h1-11,18-19H,12-17H2,(H2,36,40)(H2,37,42). The molecule has 1 aromatic heterocycles. The van der Waals surface area contributed by atoms with Crippen LogP contribution in [0.5, 0.6) is 0 Å². The van der Waals surface area contributed by atoms with Crippen LogP contribution in [0.3, 0.4) is 0 Å². The van der Waals surface area contributed by atoms with E-state index in [0.29, 0.717) is 63.5 Å². The summed E-state index contributed by atoms with van der Waals surface area (Å²) in [6.45, 7) is 0.657. The molecule has 7 nitrogen and oxygen atoms in total. The van der Waals surface area contributed by atoms with Gasteiger partial charge in [-0.25, -0.2) is 0 Å². The van der Waals surface area contributed by atoms with Gasteiger partial charge in [0.1, 0.15) is 0 Å². The first-order valence-electron chi connectivity index (χ1n) is 13.5. The van der Waals surface area contributed by atoms with Crippen LogP contribution in [0.2, 0.25) is 15.1 Å². The molecule has 0 saturated carbocycles. The van der Waals surface area contributed by atoms with Crippen molar-refractivity contribution in [3.8, 4) is 16.9 Å². The number of amides is 3. The Morgan fingerprint density at radius 3 is 2.05 bits per heavy atom. The summed E-state index contributed by atoms with van der Waals surface area (Å²) in [4.78, 5) is 40.6. The molecule has 1 aliphatic heterocycles. The Labute approximate surface area is 258 Å². The van der Waals surface area contributed by atoms with Gasteiger partial charge in [0, 0.05) is 46.5 Å². The molecule has 1 fully saturated rings. The molecule has 0 radical (unpaired) electrons. The van der Waals surface area contributed by atoms with Crippen LogP contribution < -0.4 is 11.5 Å². The van der Waals surface area contributed by atoms with E-state index in [0.717, 1.165) is 11.3 Å². The molecule has 1 saturated heterocycles. The van der Waals surface area contributed by atoms with Gasteiger partial charge in [0.2, 0.25) is 11.8 Å². The summed E-state index contributed by atoms with van der Waals surface area (Å²) in [6, 6.07) is 23.6. The molecular weight excluding hydrogens is 595 g/mol. The molecule has 1 aliphatic rings. The first-order chi connectivity index (χ1) is 20.1. The SMILES string of the molecule is NC(=O)CCc1c(C(=O)N2CCC(C(N)=O)(c3ccccc3)CC2)cc(-c2ccc(Cl)cc2Cl)n1-c1ccc(Cl)cc1.